The molecule has 0 amide bonds. The number of aromatic nitrogens is 2. The Hall–Kier alpha value is -1.15. The van der Waals surface area contributed by atoms with Crippen LogP contribution in [0, 0.1) is 11.8 Å². The molecule has 2 saturated heterocycles. The lowest BCUT2D eigenvalue weighted by molar-refractivity contribution is 0.314. The molecule has 4 atom stereocenters. The minimum atomic E-state index is 0.424. The Morgan fingerprint density at radius 2 is 2.24 bits per heavy atom. The van der Waals surface area contributed by atoms with Gasteiger partial charge in [-0.2, -0.15) is 4.98 Å². The first-order valence-electron chi connectivity index (χ1n) is 9.42. The third-order valence-corrected chi connectivity index (χ3v) is 5.85. The zero-order valence-corrected chi connectivity index (χ0v) is 15.5. The maximum absolute atomic E-state index is 6.38. The van der Waals surface area contributed by atoms with Crippen molar-refractivity contribution in [3.05, 3.63) is 11.2 Å². The Kier molecular flexibility index (Phi) is 5.26. The lowest BCUT2D eigenvalue weighted by Gasteiger charge is -2.32. The van der Waals surface area contributed by atoms with E-state index in [1.165, 1.54) is 6.42 Å². The molecule has 1 saturated carbocycles. The molecule has 4 N–H and O–H groups in total. The Labute approximate surface area is 154 Å². The molecule has 0 bridgehead atoms. The summed E-state index contributed by atoms with van der Waals surface area (Å²) < 4.78 is 0. The van der Waals surface area contributed by atoms with E-state index in [1.807, 2.05) is 0 Å². The Morgan fingerprint density at radius 3 is 3.16 bits per heavy atom. The second-order valence-corrected chi connectivity index (χ2v) is 8.08. The van der Waals surface area contributed by atoms with E-state index in [0.717, 1.165) is 57.3 Å². The lowest BCUT2D eigenvalue weighted by atomic mass is 9.83. The fraction of sp³-hybridized carbons (Fsp3) is 0.765. The standard InChI is InChI=1S/C17H28ClN7/c1-11-7-19-4-5-25(10-11)17-20-9-14(18)16(23-17)22-13-2-3-15-12(6-13)8-21-24-15/h9,11-13,15,19,21,24H,2-8,10H2,1H3,(H,20,22,23). The summed E-state index contributed by atoms with van der Waals surface area (Å²) >= 11 is 6.38. The van der Waals surface area contributed by atoms with Crippen LogP contribution in [0.1, 0.15) is 26.2 Å². The molecule has 1 aromatic heterocycles. The van der Waals surface area contributed by atoms with Gasteiger partial charge >= 0.3 is 0 Å². The maximum atomic E-state index is 6.38. The van der Waals surface area contributed by atoms with Crippen LogP contribution in [0.15, 0.2) is 6.20 Å². The molecule has 4 unspecified atom stereocenters. The van der Waals surface area contributed by atoms with Crippen LogP contribution in [-0.2, 0) is 0 Å². The van der Waals surface area contributed by atoms with Gasteiger partial charge in [0.2, 0.25) is 5.95 Å². The van der Waals surface area contributed by atoms with Crippen molar-refractivity contribution in [1.82, 2.24) is 26.1 Å². The van der Waals surface area contributed by atoms with Crippen LogP contribution < -0.4 is 26.4 Å². The molecular weight excluding hydrogens is 338 g/mol. The molecule has 1 aliphatic carbocycles. The minimum Gasteiger partial charge on any atom is -0.366 e. The fourth-order valence-corrected chi connectivity index (χ4v) is 4.36. The quantitative estimate of drug-likeness (QED) is 0.641. The molecule has 3 heterocycles. The van der Waals surface area contributed by atoms with Crippen LogP contribution in [-0.4, -0.2) is 54.8 Å². The van der Waals surface area contributed by atoms with E-state index >= 15 is 0 Å². The first-order chi connectivity index (χ1) is 12.2. The summed E-state index contributed by atoms with van der Waals surface area (Å²) in [5, 5.41) is 7.65. The van der Waals surface area contributed by atoms with Crippen molar-refractivity contribution in [3.8, 4) is 0 Å². The smallest absolute Gasteiger partial charge is 0.227 e. The third-order valence-electron chi connectivity index (χ3n) is 5.57. The number of hydrogen-bond donors (Lipinski definition) is 4. The summed E-state index contributed by atoms with van der Waals surface area (Å²) in [5.74, 6) is 2.82. The highest BCUT2D eigenvalue weighted by Crippen LogP contribution is 2.30. The molecule has 3 aliphatic rings. The molecule has 4 rings (SSSR count). The van der Waals surface area contributed by atoms with Crippen molar-refractivity contribution in [3.63, 3.8) is 0 Å². The number of anilines is 2. The topological polar surface area (TPSA) is 77.1 Å². The molecule has 2 aliphatic heterocycles. The van der Waals surface area contributed by atoms with Gasteiger partial charge in [-0.3, -0.25) is 10.9 Å². The zero-order valence-electron chi connectivity index (χ0n) is 14.8. The first kappa shape index (κ1) is 17.3. The van der Waals surface area contributed by atoms with Crippen molar-refractivity contribution in [2.24, 2.45) is 11.8 Å². The fourth-order valence-electron chi connectivity index (χ4n) is 4.21. The van der Waals surface area contributed by atoms with Gasteiger partial charge in [0, 0.05) is 38.3 Å². The Balaban J connectivity index is 1.46. The molecule has 0 spiro atoms. The highest BCUT2D eigenvalue weighted by atomic mass is 35.5. The van der Waals surface area contributed by atoms with E-state index in [1.54, 1.807) is 6.20 Å². The minimum absolute atomic E-state index is 0.424. The number of hydrazine groups is 1. The number of nitrogens with one attached hydrogen (secondary N) is 4. The summed E-state index contributed by atoms with van der Waals surface area (Å²) in [7, 11) is 0. The molecule has 8 heteroatoms. The third kappa shape index (κ3) is 4.00. The van der Waals surface area contributed by atoms with Crippen molar-refractivity contribution in [1.29, 1.82) is 0 Å². The normalized spacial score (nSPS) is 33.0. The summed E-state index contributed by atoms with van der Waals surface area (Å²) in [6.07, 6.45) is 5.20. The van der Waals surface area contributed by atoms with Crippen molar-refractivity contribution >= 4 is 23.4 Å². The Bertz CT molecular complexity index is 598. The molecule has 0 radical (unpaired) electrons. The molecule has 138 valence electrons. The summed E-state index contributed by atoms with van der Waals surface area (Å²) in [5.41, 5.74) is 6.65. The van der Waals surface area contributed by atoms with Gasteiger partial charge in [0.05, 0.1) is 6.20 Å². The second-order valence-electron chi connectivity index (χ2n) is 7.67. The van der Waals surface area contributed by atoms with E-state index in [9.17, 15) is 0 Å². The van der Waals surface area contributed by atoms with Crippen LogP contribution in [0.5, 0.6) is 0 Å². The average molecular weight is 366 g/mol. The highest BCUT2D eigenvalue weighted by molar-refractivity contribution is 6.32. The van der Waals surface area contributed by atoms with Gasteiger partial charge in [-0.1, -0.05) is 18.5 Å². The van der Waals surface area contributed by atoms with Gasteiger partial charge in [-0.05, 0) is 37.6 Å². The average Bonchev–Trinajstić information content (AvgIpc) is 2.96. The van der Waals surface area contributed by atoms with E-state index in [0.29, 0.717) is 28.9 Å². The highest BCUT2D eigenvalue weighted by Gasteiger charge is 2.34. The van der Waals surface area contributed by atoms with E-state index in [2.05, 4.69) is 38.3 Å². The lowest BCUT2D eigenvalue weighted by Crippen LogP contribution is -2.39. The zero-order chi connectivity index (χ0) is 17.2. The van der Waals surface area contributed by atoms with Crippen LogP contribution in [0.2, 0.25) is 5.02 Å². The van der Waals surface area contributed by atoms with Gasteiger partial charge in [-0.25, -0.2) is 4.98 Å². The maximum Gasteiger partial charge on any atom is 0.227 e. The van der Waals surface area contributed by atoms with Crippen LogP contribution in [0.3, 0.4) is 0 Å². The number of halogens is 1. The largest absolute Gasteiger partial charge is 0.366 e. The van der Waals surface area contributed by atoms with E-state index < -0.39 is 0 Å². The summed E-state index contributed by atoms with van der Waals surface area (Å²) in [4.78, 5) is 11.5. The van der Waals surface area contributed by atoms with Crippen LogP contribution >= 0.6 is 11.6 Å². The molecular formula is C17H28ClN7. The molecule has 7 nitrogen and oxygen atoms in total. The summed E-state index contributed by atoms with van der Waals surface area (Å²) in [6.45, 7) is 7.20. The molecule has 0 aromatic carbocycles. The number of fused-ring (bicyclic) bond motifs is 1. The van der Waals surface area contributed by atoms with Crippen LogP contribution in [0.25, 0.3) is 0 Å². The summed E-state index contributed by atoms with van der Waals surface area (Å²) in [6, 6.07) is 1.04. The monoisotopic (exact) mass is 365 g/mol. The van der Waals surface area contributed by atoms with Gasteiger partial charge in [0.1, 0.15) is 5.02 Å². The first-order valence-corrected chi connectivity index (χ1v) is 9.80. The number of hydrogen-bond acceptors (Lipinski definition) is 7. The van der Waals surface area contributed by atoms with Gasteiger partial charge in [-0.15, -0.1) is 0 Å². The molecule has 1 aromatic rings. The predicted octanol–water partition coefficient (Wildman–Crippen LogP) is 1.23. The number of rotatable bonds is 3. The van der Waals surface area contributed by atoms with Gasteiger partial charge < -0.3 is 15.5 Å². The predicted molar refractivity (Wildman–Crippen MR) is 101 cm³/mol. The van der Waals surface area contributed by atoms with Crippen molar-refractivity contribution in [2.75, 3.05) is 42.9 Å². The van der Waals surface area contributed by atoms with E-state index in [4.69, 9.17) is 16.6 Å². The SMILES string of the molecule is CC1CNCCN(c2ncc(Cl)c(NC3CCC4NNCC4C3)n2)C1. The molecule has 25 heavy (non-hydrogen) atoms. The van der Waals surface area contributed by atoms with Crippen molar-refractivity contribution in [2.45, 2.75) is 38.3 Å². The van der Waals surface area contributed by atoms with E-state index in [-0.39, 0.29) is 0 Å². The van der Waals surface area contributed by atoms with Gasteiger partial charge in [0.25, 0.3) is 0 Å². The second kappa shape index (κ2) is 7.61. The molecule has 3 fully saturated rings. The van der Waals surface area contributed by atoms with Gasteiger partial charge in [0.15, 0.2) is 5.82 Å². The van der Waals surface area contributed by atoms with Crippen molar-refractivity contribution < 1.29 is 0 Å². The Morgan fingerprint density at radius 1 is 1.32 bits per heavy atom. The number of nitrogens with zero attached hydrogens (tertiary/aromatic N) is 3. The van der Waals surface area contributed by atoms with Crippen LogP contribution in [0.4, 0.5) is 11.8 Å².